The van der Waals surface area contributed by atoms with E-state index in [4.69, 9.17) is 5.73 Å². The van der Waals surface area contributed by atoms with Crippen LogP contribution in [0.5, 0.6) is 0 Å². The average Bonchev–Trinajstić information content (AvgIpc) is 2.84. The summed E-state index contributed by atoms with van der Waals surface area (Å²) in [6.45, 7) is 0. The van der Waals surface area contributed by atoms with E-state index in [1.54, 1.807) is 11.3 Å². The minimum Gasteiger partial charge on any atom is -0.375 e. The highest BCUT2D eigenvalue weighted by Gasteiger charge is 2.10. The van der Waals surface area contributed by atoms with Gasteiger partial charge in [-0.3, -0.25) is 0 Å². The molecule has 0 aliphatic carbocycles. The SMILES string of the molecule is Nc1nc(-c2csc3c(Br)cccc23)cs1. The third kappa shape index (κ3) is 1.55. The van der Waals surface area contributed by atoms with Crippen molar-refractivity contribution in [2.75, 3.05) is 5.73 Å². The van der Waals surface area contributed by atoms with Crippen molar-refractivity contribution in [3.05, 3.63) is 33.4 Å². The molecule has 0 unspecified atom stereocenters. The van der Waals surface area contributed by atoms with E-state index in [-0.39, 0.29) is 0 Å². The van der Waals surface area contributed by atoms with Crippen LogP contribution >= 0.6 is 38.6 Å². The maximum Gasteiger partial charge on any atom is 0.180 e. The molecular weight excluding hydrogens is 304 g/mol. The Kier molecular flexibility index (Phi) is 2.46. The van der Waals surface area contributed by atoms with Gasteiger partial charge >= 0.3 is 0 Å². The lowest BCUT2D eigenvalue weighted by molar-refractivity contribution is 1.43. The number of fused-ring (bicyclic) bond motifs is 1. The number of aromatic nitrogens is 1. The zero-order chi connectivity index (χ0) is 11.1. The number of hydrogen-bond donors (Lipinski definition) is 1. The first-order chi connectivity index (χ1) is 7.75. The molecule has 0 spiro atoms. The number of hydrogen-bond acceptors (Lipinski definition) is 4. The highest BCUT2D eigenvalue weighted by atomic mass is 79.9. The highest BCUT2D eigenvalue weighted by molar-refractivity contribution is 9.10. The molecule has 16 heavy (non-hydrogen) atoms. The van der Waals surface area contributed by atoms with E-state index >= 15 is 0 Å². The number of anilines is 1. The minimum atomic E-state index is 0.615. The summed E-state index contributed by atoms with van der Waals surface area (Å²) >= 11 is 6.75. The van der Waals surface area contributed by atoms with Gasteiger partial charge in [-0.15, -0.1) is 22.7 Å². The van der Waals surface area contributed by atoms with Gasteiger partial charge in [0.05, 0.1) is 5.69 Å². The van der Waals surface area contributed by atoms with E-state index in [2.05, 4.69) is 38.4 Å². The van der Waals surface area contributed by atoms with E-state index in [0.717, 1.165) is 15.7 Å². The van der Waals surface area contributed by atoms with Crippen molar-refractivity contribution < 1.29 is 0 Å². The fourth-order valence-corrected chi connectivity index (χ4v) is 3.81. The number of halogens is 1. The first kappa shape index (κ1) is 10.3. The second-order valence-corrected chi connectivity index (χ2v) is 5.96. The van der Waals surface area contributed by atoms with Gasteiger partial charge in [-0.05, 0) is 22.0 Å². The molecule has 0 aliphatic rings. The van der Waals surface area contributed by atoms with Crippen LogP contribution in [0.3, 0.4) is 0 Å². The van der Waals surface area contributed by atoms with E-state index in [9.17, 15) is 0 Å². The number of thiazole rings is 1. The van der Waals surface area contributed by atoms with Gasteiger partial charge in [-0.1, -0.05) is 12.1 Å². The summed E-state index contributed by atoms with van der Waals surface area (Å²) in [5, 5.41) is 5.97. The standard InChI is InChI=1S/C11H7BrN2S2/c12-8-3-1-2-6-7(4-15-10(6)8)9-5-16-11(13)14-9/h1-5H,(H2,13,14). The molecule has 2 aromatic heterocycles. The molecule has 80 valence electrons. The summed E-state index contributed by atoms with van der Waals surface area (Å²) in [5.41, 5.74) is 7.79. The Morgan fingerprint density at radius 2 is 2.06 bits per heavy atom. The third-order valence-electron chi connectivity index (χ3n) is 2.35. The lowest BCUT2D eigenvalue weighted by Gasteiger charge is -1.95. The van der Waals surface area contributed by atoms with Crippen molar-refractivity contribution in [3.8, 4) is 11.3 Å². The average molecular weight is 311 g/mol. The molecule has 0 radical (unpaired) electrons. The molecule has 0 saturated heterocycles. The van der Waals surface area contributed by atoms with Gasteiger partial charge in [0, 0.05) is 30.9 Å². The summed E-state index contributed by atoms with van der Waals surface area (Å²) in [5.74, 6) is 0. The van der Waals surface area contributed by atoms with Crippen molar-refractivity contribution in [2.45, 2.75) is 0 Å². The van der Waals surface area contributed by atoms with E-state index in [1.807, 2.05) is 11.4 Å². The molecule has 2 N–H and O–H groups in total. The fourth-order valence-electron chi connectivity index (χ4n) is 1.63. The van der Waals surface area contributed by atoms with Crippen LogP contribution in [0, 0.1) is 0 Å². The smallest absolute Gasteiger partial charge is 0.180 e. The van der Waals surface area contributed by atoms with Crippen molar-refractivity contribution in [1.82, 2.24) is 4.98 Å². The Balaban J connectivity index is 2.29. The molecular formula is C11H7BrN2S2. The van der Waals surface area contributed by atoms with Gasteiger partial charge < -0.3 is 5.73 Å². The van der Waals surface area contributed by atoms with Crippen molar-refractivity contribution in [1.29, 1.82) is 0 Å². The summed E-state index contributed by atoms with van der Waals surface area (Å²) in [6, 6.07) is 6.21. The Labute approximate surface area is 109 Å². The largest absolute Gasteiger partial charge is 0.375 e. The van der Waals surface area contributed by atoms with Crippen molar-refractivity contribution >= 4 is 53.8 Å². The van der Waals surface area contributed by atoms with Gasteiger partial charge in [0.25, 0.3) is 0 Å². The van der Waals surface area contributed by atoms with Crippen LogP contribution in [0.4, 0.5) is 5.13 Å². The first-order valence-electron chi connectivity index (χ1n) is 4.63. The predicted molar refractivity (Wildman–Crippen MR) is 75.0 cm³/mol. The van der Waals surface area contributed by atoms with Crippen molar-refractivity contribution in [2.24, 2.45) is 0 Å². The Hall–Kier alpha value is -0.910. The molecule has 3 aromatic rings. The summed E-state index contributed by atoms with van der Waals surface area (Å²) in [4.78, 5) is 4.32. The maximum absolute atomic E-state index is 5.66. The number of thiophene rings is 1. The Morgan fingerprint density at radius 1 is 1.19 bits per heavy atom. The van der Waals surface area contributed by atoms with E-state index in [1.165, 1.54) is 21.4 Å². The highest BCUT2D eigenvalue weighted by Crippen LogP contribution is 2.38. The first-order valence-corrected chi connectivity index (χ1v) is 7.18. The second kappa shape index (κ2) is 3.84. The molecule has 0 bridgehead atoms. The normalized spacial score (nSPS) is 11.1. The molecule has 2 heterocycles. The lowest BCUT2D eigenvalue weighted by Crippen LogP contribution is -1.81. The van der Waals surface area contributed by atoms with Crippen LogP contribution in [0.1, 0.15) is 0 Å². The topological polar surface area (TPSA) is 38.9 Å². The predicted octanol–water partition coefficient (Wildman–Crippen LogP) is 4.37. The molecule has 0 atom stereocenters. The molecule has 0 amide bonds. The summed E-state index contributed by atoms with van der Waals surface area (Å²) in [6.07, 6.45) is 0. The zero-order valence-electron chi connectivity index (χ0n) is 8.11. The van der Waals surface area contributed by atoms with Gasteiger partial charge in [-0.25, -0.2) is 4.98 Å². The molecule has 3 rings (SSSR count). The molecule has 1 aromatic carbocycles. The molecule has 5 heteroatoms. The number of nitrogens with two attached hydrogens (primary N) is 1. The van der Waals surface area contributed by atoms with Gasteiger partial charge in [0.1, 0.15) is 0 Å². The van der Waals surface area contributed by atoms with Crippen LogP contribution in [-0.4, -0.2) is 4.98 Å². The Bertz CT molecular complexity index is 657. The number of benzene rings is 1. The summed E-state index contributed by atoms with van der Waals surface area (Å²) in [7, 11) is 0. The van der Waals surface area contributed by atoms with E-state index in [0.29, 0.717) is 5.13 Å². The van der Waals surface area contributed by atoms with Crippen LogP contribution in [0.15, 0.2) is 33.4 Å². The lowest BCUT2D eigenvalue weighted by atomic mass is 10.1. The summed E-state index contributed by atoms with van der Waals surface area (Å²) < 4.78 is 2.38. The monoisotopic (exact) mass is 310 g/mol. The van der Waals surface area contributed by atoms with Gasteiger partial charge in [0.2, 0.25) is 0 Å². The van der Waals surface area contributed by atoms with Crippen LogP contribution < -0.4 is 5.73 Å². The van der Waals surface area contributed by atoms with Gasteiger partial charge in [-0.2, -0.15) is 0 Å². The van der Waals surface area contributed by atoms with E-state index < -0.39 is 0 Å². The van der Waals surface area contributed by atoms with Crippen LogP contribution in [0.25, 0.3) is 21.3 Å². The molecule has 2 nitrogen and oxygen atoms in total. The minimum absolute atomic E-state index is 0.615. The molecule has 0 aliphatic heterocycles. The number of nitrogen functional groups attached to an aromatic ring is 1. The van der Waals surface area contributed by atoms with Crippen molar-refractivity contribution in [3.63, 3.8) is 0 Å². The van der Waals surface area contributed by atoms with Crippen LogP contribution in [-0.2, 0) is 0 Å². The number of nitrogens with zero attached hydrogens (tertiary/aromatic N) is 1. The second-order valence-electron chi connectivity index (χ2n) is 3.34. The molecule has 0 fully saturated rings. The number of rotatable bonds is 1. The van der Waals surface area contributed by atoms with Gasteiger partial charge in [0.15, 0.2) is 5.13 Å². The zero-order valence-corrected chi connectivity index (χ0v) is 11.3. The fraction of sp³-hybridized carbons (Fsp3) is 0. The van der Waals surface area contributed by atoms with Crippen LogP contribution in [0.2, 0.25) is 0 Å². The quantitative estimate of drug-likeness (QED) is 0.725. The Morgan fingerprint density at radius 3 is 2.81 bits per heavy atom. The molecule has 0 saturated carbocycles. The third-order valence-corrected chi connectivity index (χ3v) is 4.98. The maximum atomic E-state index is 5.66.